The van der Waals surface area contributed by atoms with Gasteiger partial charge in [-0.05, 0) is 43.7 Å². The third-order valence-corrected chi connectivity index (χ3v) is 4.98. The van der Waals surface area contributed by atoms with Gasteiger partial charge in [0.05, 0.1) is 30.3 Å². The smallest absolute Gasteiger partial charge is 0.226 e. The van der Waals surface area contributed by atoms with Crippen molar-refractivity contribution in [1.82, 2.24) is 10.3 Å². The third-order valence-electron chi connectivity index (χ3n) is 4.06. The zero-order valence-electron chi connectivity index (χ0n) is 15.3. The molecule has 0 aliphatic rings. The molecule has 1 unspecified atom stereocenters. The van der Waals surface area contributed by atoms with Gasteiger partial charge in [0.2, 0.25) is 5.91 Å². The highest BCUT2D eigenvalue weighted by atomic mass is 32.1. The summed E-state index contributed by atoms with van der Waals surface area (Å²) in [6.07, 6.45) is 0.205. The van der Waals surface area contributed by atoms with Crippen molar-refractivity contribution in [3.05, 3.63) is 65.2 Å². The molecule has 1 heterocycles. The molecule has 5 nitrogen and oxygen atoms in total. The second-order valence-electron chi connectivity index (χ2n) is 6.13. The number of ether oxygens (including phenoxy) is 1. The molecule has 0 fully saturated rings. The highest BCUT2D eigenvalue weighted by Gasteiger charge is 2.14. The number of rotatable bonds is 7. The summed E-state index contributed by atoms with van der Waals surface area (Å²) in [4.78, 5) is 17.0. The number of aromatic nitrogens is 1. The number of carbonyl (C=O) groups is 1. The predicted molar refractivity (Wildman–Crippen MR) is 107 cm³/mol. The molecule has 0 radical (unpaired) electrons. The lowest BCUT2D eigenvalue weighted by Crippen LogP contribution is -2.28. The Morgan fingerprint density at radius 3 is 2.85 bits per heavy atom. The molecule has 1 atom stereocenters. The van der Waals surface area contributed by atoms with Crippen molar-refractivity contribution in [2.45, 2.75) is 26.3 Å². The van der Waals surface area contributed by atoms with Crippen molar-refractivity contribution in [1.29, 1.82) is 0 Å². The Morgan fingerprint density at radius 2 is 2.07 bits per heavy atom. The van der Waals surface area contributed by atoms with E-state index in [1.165, 1.54) is 11.3 Å². The Balaban J connectivity index is 1.66. The molecule has 1 amide bonds. The molecule has 0 saturated heterocycles. The lowest BCUT2D eigenvalue weighted by molar-refractivity contribution is -0.121. The fourth-order valence-electron chi connectivity index (χ4n) is 2.77. The van der Waals surface area contributed by atoms with Gasteiger partial charge in [0.1, 0.15) is 16.5 Å². The summed E-state index contributed by atoms with van der Waals surface area (Å²) >= 11 is 1.50. The number of benzene rings is 2. The zero-order chi connectivity index (χ0) is 19.2. The maximum absolute atomic E-state index is 12.4. The van der Waals surface area contributed by atoms with E-state index in [1.807, 2.05) is 49.6 Å². The lowest BCUT2D eigenvalue weighted by atomic mass is 10.1. The van der Waals surface area contributed by atoms with Gasteiger partial charge in [-0.2, -0.15) is 0 Å². The standard InChI is InChI=1S/C21H22N2O3S/c1-3-26-19-10-5-4-9-18(19)21-23-16(13-27-21)12-20(25)22-14(2)15-7-6-8-17(24)11-15/h4-11,13-14,24H,3,12H2,1-2H3,(H,22,25). The average molecular weight is 382 g/mol. The van der Waals surface area contributed by atoms with E-state index in [2.05, 4.69) is 10.3 Å². The normalized spacial score (nSPS) is 11.8. The van der Waals surface area contributed by atoms with Crippen LogP contribution in [0.2, 0.25) is 0 Å². The first-order chi connectivity index (χ1) is 13.1. The van der Waals surface area contributed by atoms with Gasteiger partial charge >= 0.3 is 0 Å². The molecule has 6 heteroatoms. The molecule has 0 saturated carbocycles. The van der Waals surface area contributed by atoms with Crippen LogP contribution in [-0.4, -0.2) is 22.6 Å². The van der Waals surface area contributed by atoms with Crippen LogP contribution in [0.25, 0.3) is 10.6 Å². The van der Waals surface area contributed by atoms with E-state index in [-0.39, 0.29) is 24.1 Å². The first-order valence-corrected chi connectivity index (χ1v) is 9.69. The molecular weight excluding hydrogens is 360 g/mol. The molecule has 3 aromatic rings. The summed E-state index contributed by atoms with van der Waals surface area (Å²) in [6, 6.07) is 14.5. The van der Waals surface area contributed by atoms with Crippen LogP contribution >= 0.6 is 11.3 Å². The number of hydrogen-bond acceptors (Lipinski definition) is 5. The SMILES string of the molecule is CCOc1ccccc1-c1nc(CC(=O)NC(C)c2cccc(O)c2)cs1. The first-order valence-electron chi connectivity index (χ1n) is 8.81. The van der Waals surface area contributed by atoms with Gasteiger partial charge in [-0.1, -0.05) is 24.3 Å². The Kier molecular flexibility index (Phi) is 6.08. The predicted octanol–water partition coefficient (Wildman–Crippen LogP) is 4.33. The average Bonchev–Trinajstić information content (AvgIpc) is 3.10. The number of hydrogen-bond donors (Lipinski definition) is 2. The molecule has 0 spiro atoms. The van der Waals surface area contributed by atoms with Gasteiger partial charge in [0.25, 0.3) is 0 Å². The van der Waals surface area contributed by atoms with Gasteiger partial charge < -0.3 is 15.2 Å². The molecule has 0 aliphatic heterocycles. The van der Waals surface area contributed by atoms with Crippen molar-refractivity contribution < 1.29 is 14.6 Å². The number of thiazole rings is 1. The highest BCUT2D eigenvalue weighted by Crippen LogP contribution is 2.32. The summed E-state index contributed by atoms with van der Waals surface area (Å²) in [7, 11) is 0. The van der Waals surface area contributed by atoms with Crippen molar-refractivity contribution in [3.63, 3.8) is 0 Å². The number of amides is 1. The number of aromatic hydroxyl groups is 1. The molecule has 2 aromatic carbocycles. The summed E-state index contributed by atoms with van der Waals surface area (Å²) < 4.78 is 5.66. The number of nitrogens with one attached hydrogen (secondary N) is 1. The van der Waals surface area contributed by atoms with E-state index in [1.54, 1.807) is 18.2 Å². The Hall–Kier alpha value is -2.86. The van der Waals surface area contributed by atoms with Crippen LogP contribution < -0.4 is 10.1 Å². The van der Waals surface area contributed by atoms with Crippen LogP contribution in [0.5, 0.6) is 11.5 Å². The second kappa shape index (κ2) is 8.68. The Morgan fingerprint density at radius 1 is 1.26 bits per heavy atom. The fraction of sp³-hybridized carbons (Fsp3) is 0.238. The van der Waals surface area contributed by atoms with Crippen LogP contribution in [0.4, 0.5) is 0 Å². The maximum atomic E-state index is 12.4. The highest BCUT2D eigenvalue weighted by molar-refractivity contribution is 7.13. The minimum Gasteiger partial charge on any atom is -0.508 e. The molecule has 2 N–H and O–H groups in total. The first kappa shape index (κ1) is 18.9. The summed E-state index contributed by atoms with van der Waals surface area (Å²) in [5.41, 5.74) is 2.51. The van der Waals surface area contributed by atoms with Crippen molar-refractivity contribution >= 4 is 17.2 Å². The quantitative estimate of drug-likeness (QED) is 0.638. The monoisotopic (exact) mass is 382 g/mol. The Bertz CT molecular complexity index is 923. The molecule has 1 aromatic heterocycles. The van der Waals surface area contributed by atoms with Crippen LogP contribution in [0.15, 0.2) is 53.9 Å². The Labute approximate surface area is 162 Å². The van der Waals surface area contributed by atoms with E-state index in [0.717, 1.165) is 27.6 Å². The van der Waals surface area contributed by atoms with Crippen molar-refractivity contribution in [2.75, 3.05) is 6.61 Å². The summed E-state index contributed by atoms with van der Waals surface area (Å²) in [5, 5.41) is 15.2. The van der Waals surface area contributed by atoms with Crippen molar-refractivity contribution in [3.8, 4) is 22.1 Å². The van der Waals surface area contributed by atoms with Crippen LogP contribution in [-0.2, 0) is 11.2 Å². The van der Waals surface area contributed by atoms with Crippen LogP contribution in [0, 0.1) is 0 Å². The maximum Gasteiger partial charge on any atom is 0.226 e. The second-order valence-corrected chi connectivity index (χ2v) is 6.99. The molecule has 27 heavy (non-hydrogen) atoms. The van der Waals surface area contributed by atoms with Gasteiger partial charge in [0, 0.05) is 5.38 Å². The lowest BCUT2D eigenvalue weighted by Gasteiger charge is -2.14. The van der Waals surface area contributed by atoms with Gasteiger partial charge in [0.15, 0.2) is 0 Å². The topological polar surface area (TPSA) is 71.5 Å². The van der Waals surface area contributed by atoms with Gasteiger partial charge in [-0.25, -0.2) is 4.98 Å². The number of carbonyl (C=O) groups excluding carboxylic acids is 1. The minimum absolute atomic E-state index is 0.110. The van der Waals surface area contributed by atoms with Gasteiger partial charge in [-0.3, -0.25) is 4.79 Å². The zero-order valence-corrected chi connectivity index (χ0v) is 16.1. The molecule has 0 aliphatic carbocycles. The molecule has 3 rings (SSSR count). The number of para-hydroxylation sites is 1. The van der Waals surface area contributed by atoms with E-state index in [9.17, 15) is 9.90 Å². The summed E-state index contributed by atoms with van der Waals surface area (Å²) in [5.74, 6) is 0.870. The molecule has 0 bridgehead atoms. The fourth-order valence-corrected chi connectivity index (χ4v) is 3.62. The van der Waals surface area contributed by atoms with Crippen LogP contribution in [0.3, 0.4) is 0 Å². The molecule has 140 valence electrons. The van der Waals surface area contributed by atoms with Crippen LogP contribution in [0.1, 0.15) is 31.1 Å². The van der Waals surface area contributed by atoms with Crippen molar-refractivity contribution in [2.24, 2.45) is 0 Å². The third kappa shape index (κ3) is 4.86. The summed E-state index contributed by atoms with van der Waals surface area (Å²) in [6.45, 7) is 4.42. The number of phenolic OH excluding ortho intramolecular Hbond substituents is 1. The van der Waals surface area contributed by atoms with Gasteiger partial charge in [-0.15, -0.1) is 11.3 Å². The van der Waals surface area contributed by atoms with E-state index >= 15 is 0 Å². The minimum atomic E-state index is -0.193. The molecular formula is C21H22N2O3S. The largest absolute Gasteiger partial charge is 0.508 e. The van der Waals surface area contributed by atoms with E-state index in [4.69, 9.17) is 4.74 Å². The number of nitrogens with zero attached hydrogens (tertiary/aromatic N) is 1. The van der Waals surface area contributed by atoms with E-state index < -0.39 is 0 Å². The number of phenols is 1. The van der Waals surface area contributed by atoms with E-state index in [0.29, 0.717) is 6.61 Å².